The summed E-state index contributed by atoms with van der Waals surface area (Å²) in [5, 5.41) is 0. The second-order valence-corrected chi connectivity index (χ2v) is 2.07. The first-order valence-electron chi connectivity index (χ1n) is 2.56. The molecule has 0 rings (SSSR count). The van der Waals surface area contributed by atoms with Crippen molar-refractivity contribution < 1.29 is 13.9 Å². The maximum absolute atomic E-state index is 8.67. The van der Waals surface area contributed by atoms with Crippen LogP contribution in [0.1, 0.15) is 13.8 Å². The molecule has 0 spiro atoms. The molecule has 0 amide bonds. The van der Waals surface area contributed by atoms with Crippen LogP contribution in [0, 0.1) is 0 Å². The Morgan fingerprint density at radius 3 is 1.88 bits per heavy atom. The van der Waals surface area contributed by atoms with Gasteiger partial charge in [0, 0.05) is 0 Å². The maximum Gasteiger partial charge on any atom is 0.329 e. The van der Waals surface area contributed by atoms with Crippen molar-refractivity contribution in [1.29, 1.82) is 0 Å². The van der Waals surface area contributed by atoms with Gasteiger partial charge in [0.15, 0.2) is 0 Å². The second-order valence-electron chi connectivity index (χ2n) is 1.07. The SMILES string of the molecule is [13CH3][13CH2]OP(O)O[13CH2][13CH3]. The van der Waals surface area contributed by atoms with Crippen LogP contribution in [0.2, 0.25) is 0 Å². The highest BCUT2D eigenvalue weighted by molar-refractivity contribution is 7.40. The first kappa shape index (κ1) is 8.31. The molecule has 3 nitrogen and oxygen atoms in total. The summed E-state index contributed by atoms with van der Waals surface area (Å²) in [7, 11) is -1.58. The van der Waals surface area contributed by atoms with Gasteiger partial charge >= 0.3 is 8.60 Å². The Bertz CT molecular complexity index is 44.5. The minimum absolute atomic E-state index is 0.502. The molecule has 0 aliphatic carbocycles. The Morgan fingerprint density at radius 1 is 1.25 bits per heavy atom. The van der Waals surface area contributed by atoms with Gasteiger partial charge in [0.2, 0.25) is 0 Å². The van der Waals surface area contributed by atoms with Crippen molar-refractivity contribution in [3.8, 4) is 0 Å². The Labute approximate surface area is 50.6 Å². The lowest BCUT2D eigenvalue weighted by Crippen LogP contribution is -1.87. The van der Waals surface area contributed by atoms with E-state index in [1.807, 2.05) is 13.8 Å². The summed E-state index contributed by atoms with van der Waals surface area (Å²) in [4.78, 5) is 8.67. The van der Waals surface area contributed by atoms with Crippen molar-refractivity contribution in [2.75, 3.05) is 13.2 Å². The summed E-state index contributed by atoms with van der Waals surface area (Å²) in [6.07, 6.45) is 0. The standard InChI is InChI=1S/C4H11O3P/c1-3-6-8(5)7-4-2/h5H,3-4H2,1-2H3/i1+1,2+1,3+1,4+1. The third-order valence-corrected chi connectivity index (χ3v) is 1.44. The maximum atomic E-state index is 8.67. The quantitative estimate of drug-likeness (QED) is 0.474. The highest BCUT2D eigenvalue weighted by atomic mass is 31.2. The van der Waals surface area contributed by atoms with E-state index >= 15 is 0 Å². The van der Waals surface area contributed by atoms with Gasteiger partial charge in [0.25, 0.3) is 0 Å². The predicted octanol–water partition coefficient (Wildman–Crippen LogP) is 1.28. The van der Waals surface area contributed by atoms with Crippen molar-refractivity contribution in [3.63, 3.8) is 0 Å². The van der Waals surface area contributed by atoms with Gasteiger partial charge in [-0.2, -0.15) is 0 Å². The third-order valence-electron chi connectivity index (χ3n) is 0.479. The van der Waals surface area contributed by atoms with Crippen LogP contribution in [0.15, 0.2) is 0 Å². The van der Waals surface area contributed by atoms with Crippen molar-refractivity contribution in [3.05, 3.63) is 0 Å². The lowest BCUT2D eigenvalue weighted by Gasteiger charge is -2.05. The summed E-state index contributed by atoms with van der Waals surface area (Å²) < 4.78 is 9.36. The molecule has 0 radical (unpaired) electrons. The normalized spacial score (nSPS) is 10.5. The van der Waals surface area contributed by atoms with Crippen molar-refractivity contribution >= 4 is 8.60 Å². The van der Waals surface area contributed by atoms with Crippen LogP contribution < -0.4 is 0 Å². The molecule has 8 heavy (non-hydrogen) atoms. The smallest absolute Gasteiger partial charge is 0.328 e. The van der Waals surface area contributed by atoms with E-state index in [1.165, 1.54) is 0 Å². The van der Waals surface area contributed by atoms with Crippen LogP contribution in [-0.4, -0.2) is 18.1 Å². The first-order valence-corrected chi connectivity index (χ1v) is 3.69. The van der Waals surface area contributed by atoms with Crippen molar-refractivity contribution in [1.82, 2.24) is 0 Å². The fourth-order valence-electron chi connectivity index (χ4n) is 0.258. The molecule has 0 aromatic carbocycles. The number of rotatable bonds is 4. The Kier molecular flexibility index (Phi) is 5.66. The number of hydrogen-bond acceptors (Lipinski definition) is 3. The van der Waals surface area contributed by atoms with Crippen LogP contribution in [-0.2, 0) is 9.05 Å². The Morgan fingerprint density at radius 2 is 1.62 bits per heavy atom. The molecular weight excluding hydrogens is 131 g/mol. The highest BCUT2D eigenvalue weighted by Crippen LogP contribution is 2.31. The zero-order chi connectivity index (χ0) is 6.41. The first-order chi connectivity index (χ1) is 3.81. The van der Waals surface area contributed by atoms with Gasteiger partial charge < -0.3 is 13.9 Å². The van der Waals surface area contributed by atoms with Gasteiger partial charge in [-0.05, 0) is 13.8 Å². The summed E-state index contributed by atoms with van der Waals surface area (Å²) in [5.41, 5.74) is 0. The largest absolute Gasteiger partial charge is 0.329 e. The third kappa shape index (κ3) is 4.47. The van der Waals surface area contributed by atoms with Crippen LogP contribution in [0.4, 0.5) is 0 Å². The van der Waals surface area contributed by atoms with E-state index in [0.717, 1.165) is 0 Å². The van der Waals surface area contributed by atoms with E-state index < -0.39 is 8.60 Å². The molecule has 50 valence electrons. The lowest BCUT2D eigenvalue weighted by atomic mass is 11.9. The fourth-order valence-corrected chi connectivity index (χ4v) is 0.774. The topological polar surface area (TPSA) is 38.7 Å². The van der Waals surface area contributed by atoms with E-state index in [2.05, 4.69) is 9.05 Å². The lowest BCUT2D eigenvalue weighted by molar-refractivity contribution is 0.216. The van der Waals surface area contributed by atoms with Crippen molar-refractivity contribution in [2.45, 2.75) is 13.8 Å². The van der Waals surface area contributed by atoms with E-state index in [-0.39, 0.29) is 0 Å². The van der Waals surface area contributed by atoms with Crippen LogP contribution in [0.25, 0.3) is 0 Å². The van der Waals surface area contributed by atoms with Gasteiger partial charge in [0.1, 0.15) is 0 Å². The van der Waals surface area contributed by atoms with Crippen molar-refractivity contribution in [2.24, 2.45) is 0 Å². The highest BCUT2D eigenvalue weighted by Gasteiger charge is 2.00. The molecule has 0 aliphatic rings. The van der Waals surface area contributed by atoms with E-state index in [4.69, 9.17) is 4.89 Å². The van der Waals surface area contributed by atoms with Crippen LogP contribution in [0.5, 0.6) is 0 Å². The van der Waals surface area contributed by atoms with Crippen LogP contribution >= 0.6 is 8.60 Å². The average molecular weight is 142 g/mol. The summed E-state index contributed by atoms with van der Waals surface area (Å²) in [6, 6.07) is 0. The van der Waals surface area contributed by atoms with Gasteiger partial charge in [-0.15, -0.1) is 0 Å². The molecule has 0 fully saturated rings. The summed E-state index contributed by atoms with van der Waals surface area (Å²) in [6.45, 7) is 4.62. The summed E-state index contributed by atoms with van der Waals surface area (Å²) in [5.74, 6) is 0. The number of hydrogen-bond donors (Lipinski definition) is 1. The zero-order valence-corrected chi connectivity index (χ0v) is 6.02. The summed E-state index contributed by atoms with van der Waals surface area (Å²) >= 11 is 0. The van der Waals surface area contributed by atoms with E-state index in [0.29, 0.717) is 13.2 Å². The Hall–Kier alpha value is 0.310. The molecule has 0 aromatic rings. The molecule has 0 atom stereocenters. The predicted molar refractivity (Wildman–Crippen MR) is 32.4 cm³/mol. The van der Waals surface area contributed by atoms with E-state index in [1.54, 1.807) is 0 Å². The molecule has 0 saturated heterocycles. The molecule has 0 aliphatic heterocycles. The molecule has 0 heterocycles. The molecule has 0 saturated carbocycles. The van der Waals surface area contributed by atoms with Gasteiger partial charge in [-0.25, -0.2) is 0 Å². The average Bonchev–Trinajstić information content (AvgIpc) is 1.68. The molecule has 4 heteroatoms. The van der Waals surface area contributed by atoms with Gasteiger partial charge in [0.05, 0.1) is 13.2 Å². The van der Waals surface area contributed by atoms with Crippen LogP contribution in [0.3, 0.4) is 0 Å². The monoisotopic (exact) mass is 142 g/mol. The molecule has 1 N–H and O–H groups in total. The zero-order valence-electron chi connectivity index (χ0n) is 5.13. The minimum Gasteiger partial charge on any atom is -0.328 e. The fraction of sp³-hybridized carbons (Fsp3) is 1.00. The van der Waals surface area contributed by atoms with Gasteiger partial charge in [-0.3, -0.25) is 0 Å². The Balaban J connectivity index is 2.92. The van der Waals surface area contributed by atoms with E-state index in [9.17, 15) is 0 Å². The molecule has 0 unspecified atom stereocenters. The molecule has 0 bridgehead atoms. The second kappa shape index (κ2) is 5.45. The molecule has 0 aromatic heterocycles. The minimum atomic E-state index is -1.58. The van der Waals surface area contributed by atoms with Gasteiger partial charge in [-0.1, -0.05) is 0 Å². The molecular formula is C4H11O3P.